The van der Waals surface area contributed by atoms with E-state index < -0.39 is 5.82 Å². The first-order chi connectivity index (χ1) is 7.67. The summed E-state index contributed by atoms with van der Waals surface area (Å²) in [6.45, 7) is 2.52. The van der Waals surface area contributed by atoms with E-state index >= 15 is 0 Å². The van der Waals surface area contributed by atoms with Crippen LogP contribution in [0, 0.1) is 5.82 Å². The van der Waals surface area contributed by atoms with E-state index in [2.05, 4.69) is 10.6 Å². The summed E-state index contributed by atoms with van der Waals surface area (Å²) in [4.78, 5) is 11.4. The van der Waals surface area contributed by atoms with Crippen molar-refractivity contribution in [3.8, 4) is 5.75 Å². The highest BCUT2D eigenvalue weighted by molar-refractivity contribution is 5.90. The predicted octanol–water partition coefficient (Wildman–Crippen LogP) is 2.37. The molecule has 0 unspecified atom stereocenters. The van der Waals surface area contributed by atoms with Gasteiger partial charge in [-0.25, -0.2) is 9.18 Å². The summed E-state index contributed by atoms with van der Waals surface area (Å²) in [6.07, 6.45) is 0.841. The van der Waals surface area contributed by atoms with Crippen LogP contribution in [0.25, 0.3) is 0 Å². The molecule has 0 aliphatic rings. The molecule has 0 spiro atoms. The topological polar surface area (TPSA) is 50.4 Å². The Kier molecular flexibility index (Phi) is 4.57. The van der Waals surface area contributed by atoms with Crippen LogP contribution in [0.5, 0.6) is 5.75 Å². The molecule has 0 atom stereocenters. The maximum Gasteiger partial charge on any atom is 0.319 e. The molecule has 0 aliphatic heterocycles. The minimum atomic E-state index is -0.424. The van der Waals surface area contributed by atoms with Gasteiger partial charge in [0.2, 0.25) is 0 Å². The van der Waals surface area contributed by atoms with E-state index in [1.807, 2.05) is 6.92 Å². The molecule has 0 aromatic heterocycles. The second kappa shape index (κ2) is 5.95. The van der Waals surface area contributed by atoms with Gasteiger partial charge in [0.25, 0.3) is 0 Å². The van der Waals surface area contributed by atoms with Crippen LogP contribution in [0.15, 0.2) is 18.2 Å². The number of ether oxygens (including phenoxy) is 1. The van der Waals surface area contributed by atoms with Crippen LogP contribution in [-0.4, -0.2) is 19.7 Å². The van der Waals surface area contributed by atoms with Gasteiger partial charge in [0.15, 0.2) is 0 Å². The smallest absolute Gasteiger partial charge is 0.319 e. The highest BCUT2D eigenvalue weighted by Crippen LogP contribution is 2.24. The standard InChI is InChI=1S/C11H15FN2O2/c1-3-6-13-11(15)14-9-7-8(12)4-5-10(9)16-2/h4-5,7H,3,6H2,1-2H3,(H2,13,14,15). The van der Waals surface area contributed by atoms with Crippen molar-refractivity contribution in [1.29, 1.82) is 0 Å². The molecule has 0 saturated heterocycles. The molecule has 0 heterocycles. The Bertz CT molecular complexity index is 369. The lowest BCUT2D eigenvalue weighted by atomic mass is 10.3. The summed E-state index contributed by atoms with van der Waals surface area (Å²) in [5.41, 5.74) is 0.316. The summed E-state index contributed by atoms with van der Waals surface area (Å²) < 4.78 is 18.0. The molecule has 1 aromatic carbocycles. The van der Waals surface area contributed by atoms with Gasteiger partial charge in [-0.3, -0.25) is 0 Å². The van der Waals surface area contributed by atoms with Gasteiger partial charge in [-0.1, -0.05) is 6.92 Å². The quantitative estimate of drug-likeness (QED) is 0.828. The maximum absolute atomic E-state index is 13.0. The Balaban J connectivity index is 2.71. The summed E-state index contributed by atoms with van der Waals surface area (Å²) in [7, 11) is 1.46. The van der Waals surface area contributed by atoms with E-state index in [-0.39, 0.29) is 6.03 Å². The summed E-state index contributed by atoms with van der Waals surface area (Å²) >= 11 is 0. The summed E-state index contributed by atoms with van der Waals surface area (Å²) in [5.74, 6) is -0.000333. The SMILES string of the molecule is CCCNC(=O)Nc1cc(F)ccc1OC. The van der Waals surface area contributed by atoms with Gasteiger partial charge in [-0.15, -0.1) is 0 Å². The van der Waals surface area contributed by atoms with E-state index in [0.717, 1.165) is 6.42 Å². The molecule has 1 rings (SSSR count). The zero-order chi connectivity index (χ0) is 12.0. The Morgan fingerprint density at radius 3 is 2.88 bits per heavy atom. The van der Waals surface area contributed by atoms with Gasteiger partial charge in [-0.05, 0) is 18.6 Å². The number of urea groups is 1. The maximum atomic E-state index is 13.0. The van der Waals surface area contributed by atoms with Gasteiger partial charge in [0, 0.05) is 12.6 Å². The molecule has 0 bridgehead atoms. The van der Waals surface area contributed by atoms with Crippen molar-refractivity contribution >= 4 is 11.7 Å². The van der Waals surface area contributed by atoms with Crippen LogP contribution >= 0.6 is 0 Å². The summed E-state index contributed by atoms with van der Waals surface area (Å²) in [5, 5.41) is 5.15. The number of rotatable bonds is 4. The molecule has 2 N–H and O–H groups in total. The lowest BCUT2D eigenvalue weighted by Crippen LogP contribution is -2.29. The fourth-order valence-electron chi connectivity index (χ4n) is 1.18. The van der Waals surface area contributed by atoms with Crippen molar-refractivity contribution in [3.63, 3.8) is 0 Å². The van der Waals surface area contributed by atoms with Gasteiger partial charge in [0.1, 0.15) is 11.6 Å². The Labute approximate surface area is 93.8 Å². The molecule has 16 heavy (non-hydrogen) atoms. The first-order valence-corrected chi connectivity index (χ1v) is 5.05. The molecular weight excluding hydrogens is 211 g/mol. The van der Waals surface area contributed by atoms with Crippen LogP contribution in [0.3, 0.4) is 0 Å². The zero-order valence-electron chi connectivity index (χ0n) is 9.34. The first-order valence-electron chi connectivity index (χ1n) is 5.05. The average molecular weight is 226 g/mol. The Morgan fingerprint density at radius 1 is 1.50 bits per heavy atom. The second-order valence-corrected chi connectivity index (χ2v) is 3.23. The van der Waals surface area contributed by atoms with Crippen LogP contribution < -0.4 is 15.4 Å². The van der Waals surface area contributed by atoms with Crippen molar-refractivity contribution in [2.45, 2.75) is 13.3 Å². The lowest BCUT2D eigenvalue weighted by Gasteiger charge is -2.10. The molecule has 1 aromatic rings. The minimum Gasteiger partial charge on any atom is -0.495 e. The highest BCUT2D eigenvalue weighted by atomic mass is 19.1. The van der Waals surface area contributed by atoms with E-state index in [0.29, 0.717) is 18.0 Å². The predicted molar refractivity (Wildman–Crippen MR) is 60.3 cm³/mol. The molecule has 0 saturated carbocycles. The number of nitrogens with one attached hydrogen (secondary N) is 2. The van der Waals surface area contributed by atoms with Crippen molar-refractivity contribution in [3.05, 3.63) is 24.0 Å². The molecular formula is C11H15FN2O2. The van der Waals surface area contributed by atoms with Crippen LogP contribution in [0.1, 0.15) is 13.3 Å². The van der Waals surface area contributed by atoms with E-state index in [1.165, 1.54) is 25.3 Å². The van der Waals surface area contributed by atoms with Gasteiger partial charge >= 0.3 is 6.03 Å². The van der Waals surface area contributed by atoms with Gasteiger partial charge in [-0.2, -0.15) is 0 Å². The monoisotopic (exact) mass is 226 g/mol. The number of methoxy groups -OCH3 is 1. The van der Waals surface area contributed by atoms with Crippen LogP contribution in [0.2, 0.25) is 0 Å². The number of hydrogen-bond donors (Lipinski definition) is 2. The minimum absolute atomic E-state index is 0.316. The fraction of sp³-hybridized carbons (Fsp3) is 0.364. The average Bonchev–Trinajstić information content (AvgIpc) is 2.27. The molecule has 2 amide bonds. The summed E-state index contributed by atoms with van der Waals surface area (Å²) in [6, 6.07) is 3.58. The third kappa shape index (κ3) is 3.42. The number of benzene rings is 1. The largest absolute Gasteiger partial charge is 0.495 e. The van der Waals surface area contributed by atoms with Crippen LogP contribution in [0.4, 0.5) is 14.9 Å². The van der Waals surface area contributed by atoms with Crippen molar-refractivity contribution in [2.24, 2.45) is 0 Å². The Morgan fingerprint density at radius 2 is 2.25 bits per heavy atom. The van der Waals surface area contributed by atoms with Crippen molar-refractivity contribution in [1.82, 2.24) is 5.32 Å². The normalized spacial score (nSPS) is 9.69. The fourth-order valence-corrected chi connectivity index (χ4v) is 1.18. The number of hydrogen-bond acceptors (Lipinski definition) is 2. The second-order valence-electron chi connectivity index (χ2n) is 3.23. The zero-order valence-corrected chi connectivity index (χ0v) is 9.34. The number of carbonyl (C=O) groups excluding carboxylic acids is 1. The van der Waals surface area contributed by atoms with E-state index in [9.17, 15) is 9.18 Å². The molecule has 4 nitrogen and oxygen atoms in total. The van der Waals surface area contributed by atoms with Gasteiger partial charge < -0.3 is 15.4 Å². The number of halogens is 1. The lowest BCUT2D eigenvalue weighted by molar-refractivity contribution is 0.252. The highest BCUT2D eigenvalue weighted by Gasteiger charge is 2.07. The molecule has 0 fully saturated rings. The van der Waals surface area contributed by atoms with Crippen molar-refractivity contribution in [2.75, 3.05) is 19.0 Å². The number of amides is 2. The van der Waals surface area contributed by atoms with Gasteiger partial charge in [0.05, 0.1) is 12.8 Å². The molecule has 0 aliphatic carbocycles. The number of anilines is 1. The third-order valence-corrected chi connectivity index (χ3v) is 1.95. The van der Waals surface area contributed by atoms with E-state index in [1.54, 1.807) is 0 Å². The Hall–Kier alpha value is -1.78. The van der Waals surface area contributed by atoms with E-state index in [4.69, 9.17) is 4.74 Å². The molecule has 5 heteroatoms. The molecule has 88 valence electrons. The van der Waals surface area contributed by atoms with Crippen molar-refractivity contribution < 1.29 is 13.9 Å². The number of carbonyl (C=O) groups is 1. The third-order valence-electron chi connectivity index (χ3n) is 1.95. The van der Waals surface area contributed by atoms with Crippen LogP contribution in [-0.2, 0) is 0 Å². The first kappa shape index (κ1) is 12.3. The molecule has 0 radical (unpaired) electrons.